The van der Waals surface area contributed by atoms with Crippen molar-refractivity contribution in [2.45, 2.75) is 66.0 Å². The van der Waals surface area contributed by atoms with E-state index in [4.69, 9.17) is 0 Å². The van der Waals surface area contributed by atoms with Crippen LogP contribution >= 0.6 is 24.0 Å². The molecule has 7 heteroatoms. The van der Waals surface area contributed by atoms with Crippen molar-refractivity contribution < 1.29 is 4.79 Å². The van der Waals surface area contributed by atoms with Crippen molar-refractivity contribution in [1.82, 2.24) is 20.4 Å². The van der Waals surface area contributed by atoms with Gasteiger partial charge in [-0.1, -0.05) is 34.6 Å². The number of aliphatic imine (C=N–C) groups is 1. The summed E-state index contributed by atoms with van der Waals surface area (Å²) >= 11 is 0. The van der Waals surface area contributed by atoms with Gasteiger partial charge in [0.2, 0.25) is 5.91 Å². The van der Waals surface area contributed by atoms with Crippen LogP contribution in [0.25, 0.3) is 0 Å². The van der Waals surface area contributed by atoms with Crippen LogP contribution in [0.2, 0.25) is 0 Å². The van der Waals surface area contributed by atoms with Gasteiger partial charge in [-0.25, -0.2) is 0 Å². The molecule has 2 aliphatic heterocycles. The summed E-state index contributed by atoms with van der Waals surface area (Å²) in [5, 5.41) is 7.07. The highest BCUT2D eigenvalue weighted by Crippen LogP contribution is 2.21. The van der Waals surface area contributed by atoms with Gasteiger partial charge in [0.25, 0.3) is 0 Å². The van der Waals surface area contributed by atoms with Crippen LogP contribution in [-0.4, -0.2) is 73.5 Å². The molecule has 6 nitrogen and oxygen atoms in total. The van der Waals surface area contributed by atoms with E-state index in [0.717, 1.165) is 37.9 Å². The van der Waals surface area contributed by atoms with Crippen molar-refractivity contribution in [3.8, 4) is 0 Å². The number of nitrogens with zero attached hydrogens (tertiary/aromatic N) is 3. The van der Waals surface area contributed by atoms with E-state index in [2.05, 4.69) is 41.3 Å². The molecule has 0 radical (unpaired) electrons. The molecule has 1 amide bonds. The van der Waals surface area contributed by atoms with Crippen LogP contribution < -0.4 is 10.6 Å². The van der Waals surface area contributed by atoms with E-state index in [1.54, 1.807) is 0 Å². The largest absolute Gasteiger partial charge is 0.355 e. The Kier molecular flexibility index (Phi) is 11.1. The van der Waals surface area contributed by atoms with E-state index in [9.17, 15) is 4.79 Å². The zero-order chi connectivity index (χ0) is 20.0. The van der Waals surface area contributed by atoms with Crippen LogP contribution in [0.5, 0.6) is 0 Å². The number of likely N-dealkylation sites (tertiary alicyclic amines) is 2. The molecule has 0 aromatic heterocycles. The lowest BCUT2D eigenvalue weighted by Crippen LogP contribution is -2.53. The van der Waals surface area contributed by atoms with E-state index in [0.29, 0.717) is 12.0 Å². The first-order chi connectivity index (χ1) is 12.8. The number of nitrogens with one attached hydrogen (secondary N) is 2. The number of carbonyl (C=O) groups excluding carboxylic acids is 1. The van der Waals surface area contributed by atoms with E-state index < -0.39 is 0 Å². The van der Waals surface area contributed by atoms with Crippen molar-refractivity contribution in [1.29, 1.82) is 0 Å². The molecule has 2 atom stereocenters. The fourth-order valence-electron chi connectivity index (χ4n) is 4.18. The molecule has 0 aromatic rings. The molecule has 2 rings (SSSR count). The van der Waals surface area contributed by atoms with E-state index in [1.165, 1.54) is 25.9 Å². The SMILES string of the molecule is CN=C(NCC(C(C)C)N1CCC(C)CC1)NC1CCN(C(=O)C(C)C)C1.I. The molecule has 2 unspecified atom stereocenters. The Labute approximate surface area is 189 Å². The fourth-order valence-corrected chi connectivity index (χ4v) is 4.18. The predicted octanol–water partition coefficient (Wildman–Crippen LogP) is 2.78. The molecule has 164 valence electrons. The number of carbonyl (C=O) groups is 1. The van der Waals surface area contributed by atoms with E-state index >= 15 is 0 Å². The van der Waals surface area contributed by atoms with Crippen LogP contribution in [0.4, 0.5) is 0 Å². The Bertz CT molecular complexity index is 503. The summed E-state index contributed by atoms with van der Waals surface area (Å²) in [6.07, 6.45) is 3.59. The van der Waals surface area contributed by atoms with Gasteiger partial charge in [0.1, 0.15) is 0 Å². The lowest BCUT2D eigenvalue weighted by Gasteiger charge is -2.39. The summed E-state index contributed by atoms with van der Waals surface area (Å²) in [6.45, 7) is 15.8. The number of hydrogen-bond donors (Lipinski definition) is 2. The van der Waals surface area contributed by atoms with Crippen molar-refractivity contribution in [2.75, 3.05) is 39.8 Å². The first-order valence-corrected chi connectivity index (χ1v) is 10.8. The van der Waals surface area contributed by atoms with Crippen molar-refractivity contribution in [2.24, 2.45) is 22.7 Å². The van der Waals surface area contributed by atoms with E-state index in [1.807, 2.05) is 25.8 Å². The van der Waals surface area contributed by atoms with Crippen molar-refractivity contribution in [3.63, 3.8) is 0 Å². The van der Waals surface area contributed by atoms with Crippen LogP contribution in [-0.2, 0) is 4.79 Å². The van der Waals surface area contributed by atoms with Gasteiger partial charge in [0, 0.05) is 44.7 Å². The van der Waals surface area contributed by atoms with Crippen LogP contribution in [0.1, 0.15) is 53.9 Å². The average molecular weight is 508 g/mol. The van der Waals surface area contributed by atoms with Gasteiger partial charge in [0.15, 0.2) is 5.96 Å². The number of rotatable bonds is 6. The molecule has 0 saturated carbocycles. The molecule has 2 N–H and O–H groups in total. The Morgan fingerprint density at radius 1 is 1.11 bits per heavy atom. The number of piperidine rings is 1. The minimum Gasteiger partial charge on any atom is -0.355 e. The van der Waals surface area contributed by atoms with E-state index in [-0.39, 0.29) is 41.8 Å². The normalized spacial score (nSPS) is 23.1. The fraction of sp³-hybridized carbons (Fsp3) is 0.905. The molecular formula is C21H42IN5O. The Morgan fingerprint density at radius 2 is 1.75 bits per heavy atom. The molecule has 0 aliphatic carbocycles. The predicted molar refractivity (Wildman–Crippen MR) is 128 cm³/mol. The second-order valence-electron chi connectivity index (χ2n) is 9.05. The first-order valence-electron chi connectivity index (χ1n) is 10.8. The molecule has 28 heavy (non-hydrogen) atoms. The summed E-state index contributed by atoms with van der Waals surface area (Å²) in [7, 11) is 1.83. The third kappa shape index (κ3) is 7.35. The number of hydrogen-bond acceptors (Lipinski definition) is 3. The van der Waals surface area contributed by atoms with Crippen molar-refractivity contribution >= 4 is 35.8 Å². The molecule has 2 aliphatic rings. The Balaban J connectivity index is 0.00000392. The summed E-state index contributed by atoms with van der Waals surface area (Å²) < 4.78 is 0. The molecule has 2 heterocycles. The smallest absolute Gasteiger partial charge is 0.225 e. The Morgan fingerprint density at radius 3 is 2.29 bits per heavy atom. The molecule has 0 bridgehead atoms. The highest BCUT2D eigenvalue weighted by Gasteiger charge is 2.29. The summed E-state index contributed by atoms with van der Waals surface area (Å²) in [4.78, 5) is 21.2. The van der Waals surface area contributed by atoms with Gasteiger partial charge in [-0.2, -0.15) is 0 Å². The highest BCUT2D eigenvalue weighted by molar-refractivity contribution is 14.0. The average Bonchev–Trinajstić information content (AvgIpc) is 3.09. The second kappa shape index (κ2) is 12.2. The van der Waals surface area contributed by atoms with Gasteiger partial charge in [-0.15, -0.1) is 24.0 Å². The molecule has 2 saturated heterocycles. The number of halogens is 1. The minimum absolute atomic E-state index is 0. The van der Waals surface area contributed by atoms with Gasteiger partial charge in [-0.3, -0.25) is 14.7 Å². The third-order valence-electron chi connectivity index (χ3n) is 6.09. The Hall–Kier alpha value is -0.570. The molecule has 0 aromatic carbocycles. The second-order valence-corrected chi connectivity index (χ2v) is 9.05. The molecular weight excluding hydrogens is 465 g/mol. The lowest BCUT2D eigenvalue weighted by molar-refractivity contribution is -0.133. The zero-order valence-corrected chi connectivity index (χ0v) is 21.0. The van der Waals surface area contributed by atoms with Crippen LogP contribution in [0, 0.1) is 17.8 Å². The third-order valence-corrected chi connectivity index (χ3v) is 6.09. The quantitative estimate of drug-likeness (QED) is 0.330. The van der Waals surface area contributed by atoms with Gasteiger partial charge in [0.05, 0.1) is 0 Å². The lowest BCUT2D eigenvalue weighted by atomic mass is 9.94. The summed E-state index contributed by atoms with van der Waals surface area (Å²) in [6, 6.07) is 0.811. The summed E-state index contributed by atoms with van der Waals surface area (Å²) in [5.41, 5.74) is 0. The maximum Gasteiger partial charge on any atom is 0.225 e. The number of amides is 1. The molecule has 2 fully saturated rings. The number of guanidine groups is 1. The van der Waals surface area contributed by atoms with Crippen molar-refractivity contribution in [3.05, 3.63) is 0 Å². The monoisotopic (exact) mass is 507 g/mol. The van der Waals surface area contributed by atoms with Gasteiger partial charge >= 0.3 is 0 Å². The summed E-state index contributed by atoms with van der Waals surface area (Å²) in [5.74, 6) is 2.64. The highest BCUT2D eigenvalue weighted by atomic mass is 127. The maximum atomic E-state index is 12.2. The first kappa shape index (κ1) is 25.5. The zero-order valence-electron chi connectivity index (χ0n) is 18.7. The van der Waals surface area contributed by atoms with Gasteiger partial charge in [-0.05, 0) is 44.2 Å². The molecule has 0 spiro atoms. The topological polar surface area (TPSA) is 60.0 Å². The minimum atomic E-state index is 0. The van der Waals surface area contributed by atoms with Crippen LogP contribution in [0.15, 0.2) is 4.99 Å². The standard InChI is InChI=1S/C21H41N5O.HI/c1-15(2)19(25-10-7-17(5)8-11-25)13-23-21(22-6)24-18-9-12-26(14-18)20(27)16(3)4;/h15-19H,7-14H2,1-6H3,(H2,22,23,24);1H. The van der Waals surface area contributed by atoms with Crippen LogP contribution in [0.3, 0.4) is 0 Å². The van der Waals surface area contributed by atoms with Gasteiger partial charge < -0.3 is 15.5 Å². The maximum absolute atomic E-state index is 12.2.